The molecule has 1 aliphatic rings. The lowest BCUT2D eigenvalue weighted by Crippen LogP contribution is -2.40. The van der Waals surface area contributed by atoms with E-state index in [0.29, 0.717) is 13.0 Å². The molecule has 1 aromatic heterocycles. The second kappa shape index (κ2) is 7.43. The summed E-state index contributed by atoms with van der Waals surface area (Å²) < 4.78 is 2.08. The fraction of sp³-hybridized carbons (Fsp3) is 0.733. The monoisotopic (exact) mass is 278 g/mol. The first kappa shape index (κ1) is 15.0. The molecule has 0 radical (unpaired) electrons. The summed E-state index contributed by atoms with van der Waals surface area (Å²) in [5.41, 5.74) is 6.95. The van der Waals surface area contributed by atoms with E-state index in [1.54, 1.807) is 0 Å². The van der Waals surface area contributed by atoms with Gasteiger partial charge in [0, 0.05) is 44.5 Å². The summed E-state index contributed by atoms with van der Waals surface area (Å²) in [4.78, 5) is 18.8. The molecule has 1 saturated heterocycles. The molecule has 1 atom stereocenters. The Hall–Kier alpha value is -1.36. The maximum Gasteiger partial charge on any atom is 0.227 e. The molecule has 20 heavy (non-hydrogen) atoms. The first-order chi connectivity index (χ1) is 9.76. The molecule has 0 spiro atoms. The lowest BCUT2D eigenvalue weighted by atomic mass is 10.0. The van der Waals surface area contributed by atoms with Crippen molar-refractivity contribution in [3.8, 4) is 0 Å². The molecule has 1 aromatic rings. The number of carbonyl (C=O) groups is 1. The molecule has 2 heterocycles. The van der Waals surface area contributed by atoms with Crippen LogP contribution in [-0.4, -0.2) is 40.0 Å². The van der Waals surface area contributed by atoms with Crippen molar-refractivity contribution in [2.24, 2.45) is 11.7 Å². The van der Waals surface area contributed by atoms with Crippen LogP contribution in [-0.2, 0) is 17.8 Å². The van der Waals surface area contributed by atoms with Crippen LogP contribution in [0, 0.1) is 5.92 Å². The number of aryl methyl sites for hydroxylation is 1. The van der Waals surface area contributed by atoms with Gasteiger partial charge >= 0.3 is 0 Å². The number of nitrogens with zero attached hydrogens (tertiary/aromatic N) is 3. The smallest absolute Gasteiger partial charge is 0.227 e. The van der Waals surface area contributed by atoms with Crippen LogP contribution in [0.2, 0.25) is 0 Å². The van der Waals surface area contributed by atoms with Gasteiger partial charge in [-0.15, -0.1) is 0 Å². The largest absolute Gasteiger partial charge is 0.342 e. The van der Waals surface area contributed by atoms with Gasteiger partial charge in [0.1, 0.15) is 0 Å². The number of rotatable bonds is 5. The van der Waals surface area contributed by atoms with E-state index >= 15 is 0 Å². The number of likely N-dealkylation sites (tertiary alicyclic amines) is 1. The van der Waals surface area contributed by atoms with E-state index in [1.165, 1.54) is 12.8 Å². The molecule has 1 fully saturated rings. The van der Waals surface area contributed by atoms with Crippen molar-refractivity contribution in [1.82, 2.24) is 14.5 Å². The Morgan fingerprint density at radius 2 is 2.05 bits per heavy atom. The summed E-state index contributed by atoms with van der Waals surface area (Å²) in [6.07, 6.45) is 9.08. The van der Waals surface area contributed by atoms with Gasteiger partial charge in [-0.2, -0.15) is 0 Å². The number of amides is 1. The molecule has 0 aromatic carbocycles. The molecular weight excluding hydrogens is 252 g/mol. The Bertz CT molecular complexity index is 421. The van der Waals surface area contributed by atoms with Gasteiger partial charge in [-0.1, -0.05) is 12.8 Å². The van der Waals surface area contributed by atoms with Gasteiger partial charge in [0.05, 0.1) is 12.2 Å². The zero-order valence-corrected chi connectivity index (χ0v) is 12.4. The number of nitrogens with two attached hydrogens (primary N) is 1. The minimum atomic E-state index is -0.116. The van der Waals surface area contributed by atoms with Crippen LogP contribution in [0.4, 0.5) is 0 Å². The van der Waals surface area contributed by atoms with E-state index in [4.69, 9.17) is 5.73 Å². The molecule has 1 aliphatic heterocycles. The second-order valence-electron chi connectivity index (χ2n) is 5.55. The van der Waals surface area contributed by atoms with E-state index < -0.39 is 0 Å². The quantitative estimate of drug-likeness (QED) is 0.886. The second-order valence-corrected chi connectivity index (χ2v) is 5.55. The average molecular weight is 278 g/mol. The maximum absolute atomic E-state index is 12.6. The zero-order valence-electron chi connectivity index (χ0n) is 12.4. The molecule has 5 nitrogen and oxygen atoms in total. The molecule has 0 aliphatic carbocycles. The van der Waals surface area contributed by atoms with Crippen molar-refractivity contribution in [2.45, 2.75) is 45.6 Å². The highest BCUT2D eigenvalue weighted by Crippen LogP contribution is 2.15. The first-order valence-corrected chi connectivity index (χ1v) is 7.74. The van der Waals surface area contributed by atoms with E-state index in [-0.39, 0.29) is 11.8 Å². The van der Waals surface area contributed by atoms with E-state index in [2.05, 4.69) is 16.5 Å². The fourth-order valence-electron chi connectivity index (χ4n) is 2.88. The number of imidazole rings is 1. The van der Waals surface area contributed by atoms with Crippen molar-refractivity contribution in [3.05, 3.63) is 18.2 Å². The Balaban J connectivity index is 2.01. The molecule has 0 saturated carbocycles. The third-order valence-electron chi connectivity index (χ3n) is 4.15. The van der Waals surface area contributed by atoms with Gasteiger partial charge in [0.25, 0.3) is 0 Å². The molecule has 1 unspecified atom stereocenters. The predicted molar refractivity (Wildman–Crippen MR) is 79.2 cm³/mol. The van der Waals surface area contributed by atoms with Crippen molar-refractivity contribution >= 4 is 5.91 Å². The van der Waals surface area contributed by atoms with Crippen molar-refractivity contribution in [3.63, 3.8) is 0 Å². The Kier molecular flexibility index (Phi) is 5.59. The Morgan fingerprint density at radius 3 is 2.65 bits per heavy atom. The highest BCUT2D eigenvalue weighted by atomic mass is 16.2. The van der Waals surface area contributed by atoms with E-state index in [1.807, 2.05) is 17.4 Å². The highest BCUT2D eigenvalue weighted by Gasteiger charge is 2.25. The number of hydrogen-bond acceptors (Lipinski definition) is 3. The van der Waals surface area contributed by atoms with Crippen LogP contribution < -0.4 is 5.73 Å². The van der Waals surface area contributed by atoms with Gasteiger partial charge in [0.2, 0.25) is 5.91 Å². The van der Waals surface area contributed by atoms with Crippen LogP contribution in [0.25, 0.3) is 0 Å². The van der Waals surface area contributed by atoms with Crippen molar-refractivity contribution in [2.75, 3.05) is 19.6 Å². The Morgan fingerprint density at radius 1 is 1.35 bits per heavy atom. The van der Waals surface area contributed by atoms with Gasteiger partial charge in [-0.3, -0.25) is 4.79 Å². The normalized spacial score (nSPS) is 17.8. The lowest BCUT2D eigenvalue weighted by molar-refractivity contribution is -0.135. The van der Waals surface area contributed by atoms with Gasteiger partial charge in [-0.05, 0) is 19.8 Å². The molecule has 2 rings (SSSR count). The van der Waals surface area contributed by atoms with E-state index in [9.17, 15) is 4.79 Å². The lowest BCUT2D eigenvalue weighted by Gasteiger charge is -2.25. The molecular formula is C15H26N4O. The molecule has 5 heteroatoms. The topological polar surface area (TPSA) is 64.2 Å². The Labute approximate surface area is 121 Å². The fourth-order valence-corrected chi connectivity index (χ4v) is 2.88. The standard InChI is InChI=1S/C15H26N4O/c1-2-18-12-17-11-14(18)9-13(10-16)15(20)19-7-5-3-4-6-8-19/h11-13H,2-10,16H2,1H3. The van der Waals surface area contributed by atoms with Gasteiger partial charge in [0.15, 0.2) is 0 Å². The first-order valence-electron chi connectivity index (χ1n) is 7.74. The summed E-state index contributed by atoms with van der Waals surface area (Å²) in [6.45, 7) is 5.15. The molecule has 1 amide bonds. The van der Waals surface area contributed by atoms with Crippen molar-refractivity contribution < 1.29 is 4.79 Å². The summed E-state index contributed by atoms with van der Waals surface area (Å²) in [5.74, 6) is 0.105. The van der Waals surface area contributed by atoms with Crippen LogP contribution in [0.3, 0.4) is 0 Å². The third-order valence-corrected chi connectivity index (χ3v) is 4.15. The number of hydrogen-bond donors (Lipinski definition) is 1. The number of aromatic nitrogens is 2. The summed E-state index contributed by atoms with van der Waals surface area (Å²) in [5, 5.41) is 0. The van der Waals surface area contributed by atoms with E-state index in [0.717, 1.165) is 38.2 Å². The number of carbonyl (C=O) groups excluding carboxylic acids is 1. The van der Waals surface area contributed by atoms with Crippen molar-refractivity contribution in [1.29, 1.82) is 0 Å². The summed E-state index contributed by atoms with van der Waals surface area (Å²) in [7, 11) is 0. The SMILES string of the molecule is CCn1cncc1CC(CN)C(=O)N1CCCCCC1. The van der Waals surface area contributed by atoms with Gasteiger partial charge < -0.3 is 15.2 Å². The van der Waals surface area contributed by atoms with Crippen LogP contribution in [0.5, 0.6) is 0 Å². The summed E-state index contributed by atoms with van der Waals surface area (Å²) >= 11 is 0. The molecule has 112 valence electrons. The molecule has 0 bridgehead atoms. The minimum Gasteiger partial charge on any atom is -0.342 e. The summed E-state index contributed by atoms with van der Waals surface area (Å²) in [6, 6.07) is 0. The third kappa shape index (κ3) is 3.60. The minimum absolute atomic E-state index is 0.116. The van der Waals surface area contributed by atoms with Crippen LogP contribution >= 0.6 is 0 Å². The van der Waals surface area contributed by atoms with Crippen LogP contribution in [0.15, 0.2) is 12.5 Å². The maximum atomic E-state index is 12.6. The molecule has 2 N–H and O–H groups in total. The average Bonchev–Trinajstić information content (AvgIpc) is 2.74. The zero-order chi connectivity index (χ0) is 14.4. The van der Waals surface area contributed by atoms with Crippen LogP contribution in [0.1, 0.15) is 38.3 Å². The van der Waals surface area contributed by atoms with Gasteiger partial charge in [-0.25, -0.2) is 4.98 Å². The highest BCUT2D eigenvalue weighted by molar-refractivity contribution is 5.79. The predicted octanol–water partition coefficient (Wildman–Crippen LogP) is 1.42.